The number of aliphatic hydroxyl groups excluding tert-OH is 6. The highest BCUT2D eigenvalue weighted by atomic mass is 16.7. The van der Waals surface area contributed by atoms with Crippen LogP contribution in [0.3, 0.4) is 0 Å². The van der Waals surface area contributed by atoms with Crippen LogP contribution in [0.2, 0.25) is 0 Å². The van der Waals surface area contributed by atoms with E-state index >= 15 is 0 Å². The predicted molar refractivity (Wildman–Crippen MR) is 156 cm³/mol. The minimum atomic E-state index is -1.60. The molecule has 0 aromatic heterocycles. The third kappa shape index (κ3) is 4.64. The first kappa shape index (κ1) is 32.9. The van der Waals surface area contributed by atoms with Gasteiger partial charge in [0.25, 0.3) is 0 Å². The van der Waals surface area contributed by atoms with Crippen LogP contribution in [0.25, 0.3) is 0 Å². The molecule has 3 saturated carbocycles. The maximum Gasteiger partial charge on any atom is 0.187 e. The molecule has 250 valence electrons. The second-order valence-corrected chi connectivity index (χ2v) is 15.8. The average molecular weight is 625 g/mol. The zero-order valence-electron chi connectivity index (χ0n) is 26.5. The van der Waals surface area contributed by atoms with E-state index in [0.717, 1.165) is 24.8 Å². The van der Waals surface area contributed by atoms with E-state index in [0.29, 0.717) is 18.8 Å². The standard InChI is InChI=1S/C33H52O11/c1-15(2)6-7-24(37)32(5,41)23-12-25-33(44-25)17-10-19(35)18-11-21(42-29-28(40)27(39)26(38)22(14-34)43-29)20(36)13-30(18,3)16(17)8-9-31(23,33)4/h10,15-16,18,20-29,34,36-41H,6-9,11-14H2,1-5H3. The van der Waals surface area contributed by atoms with Gasteiger partial charge in [-0.05, 0) is 80.8 Å². The Labute approximate surface area is 259 Å². The van der Waals surface area contributed by atoms with Crippen LogP contribution < -0.4 is 0 Å². The fourth-order valence-electron chi connectivity index (χ4n) is 10.2. The van der Waals surface area contributed by atoms with Crippen LogP contribution in [0.1, 0.15) is 79.6 Å². The Bertz CT molecular complexity index is 1150. The fourth-order valence-corrected chi connectivity index (χ4v) is 10.2. The van der Waals surface area contributed by atoms with Crippen LogP contribution in [0.15, 0.2) is 11.6 Å². The molecule has 6 rings (SSSR count). The second-order valence-electron chi connectivity index (χ2n) is 15.8. The van der Waals surface area contributed by atoms with Crippen molar-refractivity contribution in [2.24, 2.45) is 34.5 Å². The third-order valence-corrected chi connectivity index (χ3v) is 12.9. The summed E-state index contributed by atoms with van der Waals surface area (Å²) in [4.78, 5) is 13.9. The number of epoxide rings is 1. The molecule has 11 nitrogen and oxygen atoms in total. The fraction of sp³-hybridized carbons (Fsp3) is 0.909. The molecule has 16 unspecified atom stereocenters. The van der Waals surface area contributed by atoms with E-state index in [1.54, 1.807) is 13.0 Å². The topological polar surface area (TPSA) is 190 Å². The lowest BCUT2D eigenvalue weighted by Crippen LogP contribution is -2.62. The molecule has 0 bridgehead atoms. The molecule has 1 spiro atoms. The number of aliphatic hydroxyl groups is 7. The van der Waals surface area contributed by atoms with E-state index in [1.807, 2.05) is 0 Å². The molecule has 4 aliphatic carbocycles. The summed E-state index contributed by atoms with van der Waals surface area (Å²) in [5, 5.41) is 74.7. The minimum absolute atomic E-state index is 0.0271. The summed E-state index contributed by atoms with van der Waals surface area (Å²) in [6.07, 6.45) is -4.50. The summed E-state index contributed by atoms with van der Waals surface area (Å²) in [6.45, 7) is 9.56. The molecule has 2 saturated heterocycles. The summed E-state index contributed by atoms with van der Waals surface area (Å²) in [5.74, 6) is -0.357. The maximum absolute atomic E-state index is 13.9. The molecule has 44 heavy (non-hydrogen) atoms. The quantitative estimate of drug-likeness (QED) is 0.187. The summed E-state index contributed by atoms with van der Waals surface area (Å²) in [6, 6.07) is 0. The molecular weight excluding hydrogens is 572 g/mol. The Morgan fingerprint density at radius 1 is 1.07 bits per heavy atom. The molecule has 0 amide bonds. The van der Waals surface area contributed by atoms with Gasteiger partial charge in [-0.15, -0.1) is 0 Å². The van der Waals surface area contributed by atoms with Crippen molar-refractivity contribution >= 4 is 5.78 Å². The van der Waals surface area contributed by atoms with Crippen molar-refractivity contribution in [2.75, 3.05) is 6.61 Å². The summed E-state index contributed by atoms with van der Waals surface area (Å²) in [5.41, 5.74) is -2.08. The molecule has 2 heterocycles. The number of hydrogen-bond acceptors (Lipinski definition) is 11. The van der Waals surface area contributed by atoms with Crippen molar-refractivity contribution in [3.05, 3.63) is 11.6 Å². The van der Waals surface area contributed by atoms with E-state index in [-0.39, 0.29) is 36.6 Å². The first-order valence-electron chi connectivity index (χ1n) is 16.5. The zero-order valence-corrected chi connectivity index (χ0v) is 26.5. The van der Waals surface area contributed by atoms with Gasteiger partial charge < -0.3 is 50.0 Å². The number of fused-ring (bicyclic) bond motifs is 3. The minimum Gasteiger partial charge on any atom is -0.394 e. The summed E-state index contributed by atoms with van der Waals surface area (Å²) in [7, 11) is 0. The van der Waals surface area contributed by atoms with Crippen LogP contribution in [-0.4, -0.2) is 114 Å². The Balaban J connectivity index is 1.23. The van der Waals surface area contributed by atoms with E-state index in [2.05, 4.69) is 27.7 Å². The van der Waals surface area contributed by atoms with Gasteiger partial charge in [-0.2, -0.15) is 0 Å². The van der Waals surface area contributed by atoms with Crippen molar-refractivity contribution < 1.29 is 54.8 Å². The number of ketones is 1. The van der Waals surface area contributed by atoms with Gasteiger partial charge in [0.05, 0.1) is 36.6 Å². The lowest BCUT2D eigenvalue weighted by Gasteiger charge is -2.59. The Morgan fingerprint density at radius 2 is 1.77 bits per heavy atom. The highest BCUT2D eigenvalue weighted by Gasteiger charge is 2.81. The third-order valence-electron chi connectivity index (χ3n) is 12.9. The van der Waals surface area contributed by atoms with Crippen molar-refractivity contribution in [3.63, 3.8) is 0 Å². The molecule has 6 aliphatic rings. The molecule has 16 atom stereocenters. The van der Waals surface area contributed by atoms with Crippen molar-refractivity contribution in [2.45, 2.75) is 146 Å². The number of ether oxygens (including phenoxy) is 3. The number of carbonyl (C=O) groups is 1. The number of carbonyl (C=O) groups excluding carboxylic acids is 1. The van der Waals surface area contributed by atoms with Crippen LogP contribution >= 0.6 is 0 Å². The van der Waals surface area contributed by atoms with E-state index in [9.17, 15) is 40.5 Å². The average Bonchev–Trinajstić information content (AvgIpc) is 3.62. The molecule has 7 N–H and O–H groups in total. The number of rotatable bonds is 8. The van der Waals surface area contributed by atoms with Crippen LogP contribution in [0.5, 0.6) is 0 Å². The van der Waals surface area contributed by atoms with Gasteiger partial charge in [0.2, 0.25) is 0 Å². The molecule has 11 heteroatoms. The second kappa shape index (κ2) is 11.0. The molecular formula is C33H52O11. The highest BCUT2D eigenvalue weighted by Crippen LogP contribution is 2.76. The van der Waals surface area contributed by atoms with Crippen LogP contribution in [-0.2, 0) is 19.0 Å². The van der Waals surface area contributed by atoms with Gasteiger partial charge in [0.15, 0.2) is 12.1 Å². The molecule has 2 aliphatic heterocycles. The molecule has 5 fully saturated rings. The Kier molecular flexibility index (Phi) is 8.26. The van der Waals surface area contributed by atoms with Gasteiger partial charge in [-0.3, -0.25) is 4.79 Å². The molecule has 0 aromatic carbocycles. The highest BCUT2D eigenvalue weighted by molar-refractivity contribution is 5.95. The van der Waals surface area contributed by atoms with Crippen LogP contribution in [0, 0.1) is 34.5 Å². The van der Waals surface area contributed by atoms with Gasteiger partial charge in [-0.1, -0.05) is 27.7 Å². The molecule has 0 aromatic rings. The predicted octanol–water partition coefficient (Wildman–Crippen LogP) is 0.580. The monoisotopic (exact) mass is 624 g/mol. The van der Waals surface area contributed by atoms with Crippen molar-refractivity contribution in [1.29, 1.82) is 0 Å². The molecule has 0 radical (unpaired) electrons. The Hall–Kier alpha value is -0.990. The van der Waals surface area contributed by atoms with E-state index in [4.69, 9.17) is 14.2 Å². The van der Waals surface area contributed by atoms with E-state index < -0.39 is 83.6 Å². The first-order valence-corrected chi connectivity index (χ1v) is 16.5. The Morgan fingerprint density at radius 3 is 2.43 bits per heavy atom. The normalized spacial score (nSPS) is 51.9. The van der Waals surface area contributed by atoms with Gasteiger partial charge in [0, 0.05) is 17.3 Å². The lowest BCUT2D eigenvalue weighted by atomic mass is 9.46. The number of hydrogen-bond donors (Lipinski definition) is 7. The summed E-state index contributed by atoms with van der Waals surface area (Å²) >= 11 is 0. The van der Waals surface area contributed by atoms with Gasteiger partial charge in [-0.25, -0.2) is 0 Å². The van der Waals surface area contributed by atoms with Crippen molar-refractivity contribution in [1.82, 2.24) is 0 Å². The van der Waals surface area contributed by atoms with Gasteiger partial charge in [0.1, 0.15) is 30.0 Å². The SMILES string of the molecule is CC(C)CCC(O)C(C)(O)C1CC2OC23C2=CC(=O)C4CC(OC5OC(CO)C(O)C(O)C5O)C(O)CC4(C)C2CCC13C. The van der Waals surface area contributed by atoms with Crippen molar-refractivity contribution in [3.8, 4) is 0 Å². The largest absolute Gasteiger partial charge is 0.394 e. The van der Waals surface area contributed by atoms with Gasteiger partial charge >= 0.3 is 0 Å². The van der Waals surface area contributed by atoms with Crippen LogP contribution in [0.4, 0.5) is 0 Å². The summed E-state index contributed by atoms with van der Waals surface area (Å²) < 4.78 is 18.0. The first-order chi connectivity index (χ1) is 20.5. The lowest BCUT2D eigenvalue weighted by molar-refractivity contribution is -0.322. The van der Waals surface area contributed by atoms with E-state index in [1.165, 1.54) is 0 Å². The smallest absolute Gasteiger partial charge is 0.187 e. The maximum atomic E-state index is 13.9. The zero-order chi connectivity index (χ0) is 32.1. The number of allylic oxidation sites excluding steroid dienone is 1.